The molecule has 0 aliphatic carbocycles. The molecule has 1 aromatic heterocycles. The largest absolute Gasteiger partial charge is 0.354 e. The van der Waals surface area contributed by atoms with Gasteiger partial charge in [-0.25, -0.2) is 4.98 Å². The summed E-state index contributed by atoms with van der Waals surface area (Å²) in [6, 6.07) is 0.408. The summed E-state index contributed by atoms with van der Waals surface area (Å²) in [5.74, 6) is 0.0571. The van der Waals surface area contributed by atoms with Gasteiger partial charge in [0, 0.05) is 42.9 Å². The molecule has 1 fully saturated rings. The molecule has 0 aromatic carbocycles. The first-order valence-electron chi connectivity index (χ1n) is 8.56. The van der Waals surface area contributed by atoms with E-state index in [-0.39, 0.29) is 23.7 Å². The lowest BCUT2D eigenvalue weighted by molar-refractivity contribution is -0.121. The van der Waals surface area contributed by atoms with Crippen LogP contribution in [0.25, 0.3) is 0 Å². The molecule has 1 unspecified atom stereocenters. The molecule has 1 amide bonds. The fraction of sp³-hybridized carbons (Fsp3) is 0.765. The molecular weight excluding hydrogens is 344 g/mol. The van der Waals surface area contributed by atoms with Gasteiger partial charge >= 0.3 is 0 Å². The number of thiazole rings is 1. The van der Waals surface area contributed by atoms with Gasteiger partial charge in [-0.2, -0.15) is 0 Å². The van der Waals surface area contributed by atoms with Gasteiger partial charge < -0.3 is 11.1 Å². The van der Waals surface area contributed by atoms with E-state index in [0.717, 1.165) is 31.7 Å². The number of carbonyl (C=O) groups excluding carboxylic acids is 1. The van der Waals surface area contributed by atoms with Gasteiger partial charge in [-0.1, -0.05) is 27.2 Å². The van der Waals surface area contributed by atoms with Crippen molar-refractivity contribution in [1.82, 2.24) is 15.2 Å². The molecular formula is C17H31ClN4OS. The van der Waals surface area contributed by atoms with Crippen LogP contribution in [-0.4, -0.2) is 41.5 Å². The molecule has 0 saturated carbocycles. The number of aromatic nitrogens is 1. The molecule has 2 rings (SSSR count). The van der Waals surface area contributed by atoms with Crippen LogP contribution >= 0.6 is 23.7 Å². The predicted molar refractivity (Wildman–Crippen MR) is 103 cm³/mol. The van der Waals surface area contributed by atoms with E-state index in [1.165, 1.54) is 17.8 Å². The van der Waals surface area contributed by atoms with E-state index in [4.69, 9.17) is 10.7 Å². The Hall–Kier alpha value is -0.690. The van der Waals surface area contributed by atoms with E-state index in [2.05, 4.69) is 36.4 Å². The first kappa shape index (κ1) is 21.4. The molecule has 0 radical (unpaired) electrons. The highest BCUT2D eigenvalue weighted by Crippen LogP contribution is 2.27. The Morgan fingerprint density at radius 2 is 2.21 bits per heavy atom. The maximum atomic E-state index is 11.6. The Kier molecular flexibility index (Phi) is 8.63. The number of nitrogens with two attached hydrogens (primary N) is 1. The van der Waals surface area contributed by atoms with Crippen molar-refractivity contribution < 1.29 is 4.79 Å². The minimum Gasteiger partial charge on any atom is -0.354 e. The van der Waals surface area contributed by atoms with Crippen molar-refractivity contribution >= 4 is 29.7 Å². The number of nitrogens with one attached hydrogen (secondary N) is 1. The molecule has 1 atom stereocenters. The molecule has 2 heterocycles. The lowest BCUT2D eigenvalue weighted by atomic mass is 9.98. The van der Waals surface area contributed by atoms with Crippen molar-refractivity contribution in [2.45, 2.75) is 64.5 Å². The van der Waals surface area contributed by atoms with Gasteiger partial charge in [0.2, 0.25) is 5.91 Å². The van der Waals surface area contributed by atoms with Gasteiger partial charge in [0.05, 0.1) is 10.7 Å². The highest BCUT2D eigenvalue weighted by atomic mass is 35.5. The van der Waals surface area contributed by atoms with Gasteiger partial charge in [0.25, 0.3) is 0 Å². The quantitative estimate of drug-likeness (QED) is 0.803. The van der Waals surface area contributed by atoms with E-state index in [9.17, 15) is 4.79 Å². The minimum absolute atomic E-state index is 0. The topological polar surface area (TPSA) is 71.2 Å². The van der Waals surface area contributed by atoms with E-state index >= 15 is 0 Å². The molecule has 5 nitrogen and oxygen atoms in total. The number of carbonyl (C=O) groups is 1. The smallest absolute Gasteiger partial charge is 0.221 e. The molecule has 0 bridgehead atoms. The summed E-state index contributed by atoms with van der Waals surface area (Å²) in [6.45, 7) is 9.69. The number of likely N-dealkylation sites (tertiary alicyclic amines) is 1. The number of piperidine rings is 1. The molecule has 138 valence electrons. The van der Waals surface area contributed by atoms with Gasteiger partial charge in [0.15, 0.2) is 0 Å². The normalized spacial score (nSPS) is 18.9. The van der Waals surface area contributed by atoms with Crippen molar-refractivity contribution in [3.63, 3.8) is 0 Å². The third kappa shape index (κ3) is 6.31. The van der Waals surface area contributed by atoms with E-state index in [1.807, 2.05) is 0 Å². The van der Waals surface area contributed by atoms with Crippen molar-refractivity contribution in [1.29, 1.82) is 0 Å². The number of amides is 1. The first-order valence-corrected chi connectivity index (χ1v) is 9.44. The fourth-order valence-corrected chi connectivity index (χ4v) is 3.78. The number of hydrogen-bond acceptors (Lipinski definition) is 5. The minimum atomic E-state index is 0. The second kappa shape index (κ2) is 9.70. The Balaban J connectivity index is 0.00000288. The highest BCUT2D eigenvalue weighted by molar-refractivity contribution is 7.09. The fourth-order valence-electron chi connectivity index (χ4n) is 2.88. The maximum Gasteiger partial charge on any atom is 0.221 e. The van der Waals surface area contributed by atoms with E-state index in [1.54, 1.807) is 11.3 Å². The molecule has 1 aromatic rings. The lowest BCUT2D eigenvalue weighted by Crippen LogP contribution is -2.46. The van der Waals surface area contributed by atoms with Gasteiger partial charge in [-0.15, -0.1) is 23.7 Å². The molecule has 3 N–H and O–H groups in total. The average molecular weight is 375 g/mol. The highest BCUT2D eigenvalue weighted by Gasteiger charge is 2.24. The Bertz CT molecular complexity index is 515. The zero-order valence-corrected chi connectivity index (χ0v) is 16.6. The number of rotatable bonds is 6. The zero-order chi connectivity index (χ0) is 16.9. The third-order valence-corrected chi connectivity index (χ3v) is 5.53. The molecule has 1 aliphatic rings. The van der Waals surface area contributed by atoms with E-state index in [0.29, 0.717) is 19.0 Å². The summed E-state index contributed by atoms with van der Waals surface area (Å²) in [7, 11) is 0. The van der Waals surface area contributed by atoms with Crippen LogP contribution in [0, 0.1) is 0 Å². The van der Waals surface area contributed by atoms with Crippen LogP contribution in [0.5, 0.6) is 0 Å². The second-order valence-corrected chi connectivity index (χ2v) is 8.21. The maximum absolute atomic E-state index is 11.6. The van der Waals surface area contributed by atoms with Gasteiger partial charge in [-0.3, -0.25) is 9.69 Å². The number of hydrogen-bond donors (Lipinski definition) is 2. The summed E-state index contributed by atoms with van der Waals surface area (Å²) >= 11 is 1.75. The summed E-state index contributed by atoms with van der Waals surface area (Å²) in [5, 5.41) is 6.39. The van der Waals surface area contributed by atoms with E-state index < -0.39 is 0 Å². The molecule has 0 spiro atoms. The standard InChI is InChI=1S/C17H30N4OS.ClH/c1-17(2,3)16-20-13(12-23-16)11-21-9-5-4-6-14(21)10-19-15(22)7-8-18;/h12,14H,4-11,18H2,1-3H3,(H,19,22);1H. The zero-order valence-electron chi connectivity index (χ0n) is 15.0. The van der Waals surface area contributed by atoms with Gasteiger partial charge in [-0.05, 0) is 19.4 Å². The summed E-state index contributed by atoms with van der Waals surface area (Å²) in [5.41, 5.74) is 6.69. The summed E-state index contributed by atoms with van der Waals surface area (Å²) in [6.07, 6.45) is 4.01. The lowest BCUT2D eigenvalue weighted by Gasteiger charge is -2.35. The average Bonchev–Trinajstić information content (AvgIpc) is 2.95. The Labute approximate surface area is 155 Å². The van der Waals surface area contributed by atoms with Crippen molar-refractivity contribution in [2.24, 2.45) is 5.73 Å². The number of nitrogens with zero attached hydrogens (tertiary/aromatic N) is 2. The van der Waals surface area contributed by atoms with Crippen LogP contribution in [0.15, 0.2) is 5.38 Å². The van der Waals surface area contributed by atoms with Crippen LogP contribution in [-0.2, 0) is 16.8 Å². The summed E-state index contributed by atoms with van der Waals surface area (Å²) in [4.78, 5) is 18.9. The molecule has 7 heteroatoms. The molecule has 1 aliphatic heterocycles. The van der Waals surface area contributed by atoms with Crippen LogP contribution in [0.4, 0.5) is 0 Å². The summed E-state index contributed by atoms with van der Waals surface area (Å²) < 4.78 is 0. The van der Waals surface area contributed by atoms with Crippen LogP contribution in [0.2, 0.25) is 0 Å². The third-order valence-electron chi connectivity index (χ3n) is 4.21. The Morgan fingerprint density at radius 3 is 2.83 bits per heavy atom. The van der Waals surface area contributed by atoms with Crippen molar-refractivity contribution in [2.75, 3.05) is 19.6 Å². The first-order chi connectivity index (χ1) is 10.9. The predicted octanol–water partition coefficient (Wildman–Crippen LogP) is 2.68. The van der Waals surface area contributed by atoms with Gasteiger partial charge in [0.1, 0.15) is 0 Å². The molecule has 1 saturated heterocycles. The Morgan fingerprint density at radius 1 is 1.46 bits per heavy atom. The van der Waals surface area contributed by atoms with Crippen LogP contribution < -0.4 is 11.1 Å². The van der Waals surface area contributed by atoms with Crippen molar-refractivity contribution in [3.05, 3.63) is 16.1 Å². The monoisotopic (exact) mass is 374 g/mol. The van der Waals surface area contributed by atoms with Crippen LogP contribution in [0.1, 0.15) is 57.2 Å². The molecule has 24 heavy (non-hydrogen) atoms. The van der Waals surface area contributed by atoms with Crippen molar-refractivity contribution in [3.8, 4) is 0 Å². The second-order valence-electron chi connectivity index (χ2n) is 7.36. The van der Waals surface area contributed by atoms with Crippen LogP contribution in [0.3, 0.4) is 0 Å². The SMILES string of the molecule is CC(C)(C)c1nc(CN2CCCCC2CNC(=O)CCN)cs1.Cl. The number of halogens is 1.